The molecule has 0 aliphatic carbocycles. The van der Waals surface area contributed by atoms with Gasteiger partial charge in [0, 0.05) is 37.4 Å². The number of piperidine rings is 1. The Morgan fingerprint density at radius 3 is 2.76 bits per heavy atom. The Balaban J connectivity index is 1.78. The molecule has 0 unspecified atom stereocenters. The van der Waals surface area contributed by atoms with Gasteiger partial charge in [0.15, 0.2) is 0 Å². The van der Waals surface area contributed by atoms with Crippen LogP contribution in [-0.4, -0.2) is 49.7 Å². The molecule has 2 heterocycles. The molecule has 0 spiro atoms. The molecule has 6 nitrogen and oxygen atoms in total. The van der Waals surface area contributed by atoms with E-state index in [1.165, 1.54) is 0 Å². The molecule has 0 saturated carbocycles. The number of hydrogen-bond acceptors (Lipinski definition) is 5. The first-order valence-electron chi connectivity index (χ1n) is 7.08. The van der Waals surface area contributed by atoms with Crippen LogP contribution >= 0.6 is 0 Å². The number of nitrogens with one attached hydrogen (secondary N) is 1. The zero-order valence-electron chi connectivity index (χ0n) is 11.9. The third-order valence-corrected chi connectivity index (χ3v) is 5.02. The van der Waals surface area contributed by atoms with Crippen molar-refractivity contribution in [3.8, 4) is 6.07 Å². The van der Waals surface area contributed by atoms with Gasteiger partial charge in [-0.3, -0.25) is 9.88 Å². The summed E-state index contributed by atoms with van der Waals surface area (Å²) >= 11 is 0. The van der Waals surface area contributed by atoms with E-state index in [1.807, 2.05) is 23.1 Å². The van der Waals surface area contributed by atoms with Crippen LogP contribution in [0.15, 0.2) is 24.4 Å². The highest BCUT2D eigenvalue weighted by atomic mass is 32.2. The molecule has 1 fully saturated rings. The summed E-state index contributed by atoms with van der Waals surface area (Å²) < 4.78 is 26.9. The van der Waals surface area contributed by atoms with Crippen molar-refractivity contribution < 1.29 is 8.42 Å². The smallest absolute Gasteiger partial charge is 0.212 e. The summed E-state index contributed by atoms with van der Waals surface area (Å²) in [6.07, 6.45) is 3.60. The highest BCUT2D eigenvalue weighted by molar-refractivity contribution is 7.89. The number of rotatable bonds is 6. The van der Waals surface area contributed by atoms with Gasteiger partial charge in [0.2, 0.25) is 10.0 Å². The van der Waals surface area contributed by atoms with Gasteiger partial charge in [-0.05, 0) is 25.0 Å². The number of aromatic nitrogens is 1. The number of sulfonamides is 1. The number of aryl methyl sites for hydroxylation is 1. The summed E-state index contributed by atoms with van der Waals surface area (Å²) in [6.45, 7) is 1.95. The molecule has 0 radical (unpaired) electrons. The first kappa shape index (κ1) is 15.9. The molecule has 1 saturated heterocycles. The first-order chi connectivity index (χ1) is 10.1. The van der Waals surface area contributed by atoms with Gasteiger partial charge < -0.3 is 0 Å². The molecule has 2 rings (SSSR count). The van der Waals surface area contributed by atoms with Crippen molar-refractivity contribution >= 4 is 10.0 Å². The van der Waals surface area contributed by atoms with E-state index in [0.717, 1.165) is 31.6 Å². The predicted octanol–water partition coefficient (Wildman–Crippen LogP) is 0.531. The maximum Gasteiger partial charge on any atom is 0.212 e. The molecule has 1 aromatic rings. The topological polar surface area (TPSA) is 86.1 Å². The van der Waals surface area contributed by atoms with Crippen molar-refractivity contribution in [2.45, 2.75) is 25.3 Å². The fourth-order valence-electron chi connectivity index (χ4n) is 2.41. The highest BCUT2D eigenvalue weighted by Crippen LogP contribution is 2.11. The Hall–Kier alpha value is -1.49. The minimum absolute atomic E-state index is 0.0197. The van der Waals surface area contributed by atoms with Crippen molar-refractivity contribution in [1.29, 1.82) is 5.26 Å². The summed E-state index contributed by atoms with van der Waals surface area (Å²) in [6, 6.07) is 7.59. The monoisotopic (exact) mass is 308 g/mol. The van der Waals surface area contributed by atoms with E-state index in [2.05, 4.69) is 15.8 Å². The van der Waals surface area contributed by atoms with Crippen LogP contribution in [0.25, 0.3) is 0 Å². The van der Waals surface area contributed by atoms with E-state index >= 15 is 0 Å². The molecule has 0 amide bonds. The molecular weight excluding hydrogens is 288 g/mol. The number of nitriles is 1. The molecule has 0 aromatic carbocycles. The maximum absolute atomic E-state index is 12.1. The quantitative estimate of drug-likeness (QED) is 0.775. The van der Waals surface area contributed by atoms with Crippen molar-refractivity contribution in [3.05, 3.63) is 30.1 Å². The van der Waals surface area contributed by atoms with Crippen LogP contribution < -0.4 is 4.72 Å². The van der Waals surface area contributed by atoms with Gasteiger partial charge in [0.1, 0.15) is 0 Å². The lowest BCUT2D eigenvalue weighted by Gasteiger charge is -2.30. The summed E-state index contributed by atoms with van der Waals surface area (Å²) in [7, 11) is -3.28. The van der Waals surface area contributed by atoms with Gasteiger partial charge in [-0.15, -0.1) is 0 Å². The zero-order chi connectivity index (χ0) is 15.1. The van der Waals surface area contributed by atoms with Crippen molar-refractivity contribution in [3.63, 3.8) is 0 Å². The molecule has 0 atom stereocenters. The van der Waals surface area contributed by atoms with E-state index in [-0.39, 0.29) is 11.8 Å². The molecule has 1 aliphatic heterocycles. The van der Waals surface area contributed by atoms with E-state index in [1.54, 1.807) is 6.20 Å². The molecule has 1 aliphatic rings. The second kappa shape index (κ2) is 7.50. The minimum atomic E-state index is -3.28. The molecule has 114 valence electrons. The lowest BCUT2D eigenvalue weighted by atomic mass is 10.1. The van der Waals surface area contributed by atoms with Crippen molar-refractivity contribution in [2.75, 3.05) is 25.4 Å². The van der Waals surface area contributed by atoms with Crippen LogP contribution in [0.1, 0.15) is 18.5 Å². The van der Waals surface area contributed by atoms with Crippen LogP contribution in [0.3, 0.4) is 0 Å². The molecule has 21 heavy (non-hydrogen) atoms. The zero-order valence-corrected chi connectivity index (χ0v) is 12.7. The van der Waals surface area contributed by atoms with E-state index in [9.17, 15) is 8.42 Å². The summed E-state index contributed by atoms with van der Waals surface area (Å²) in [5.41, 5.74) is 0.784. The lowest BCUT2D eigenvalue weighted by molar-refractivity contribution is 0.229. The third-order valence-electron chi connectivity index (χ3n) is 3.58. The lowest BCUT2D eigenvalue weighted by Crippen LogP contribution is -2.45. The van der Waals surface area contributed by atoms with Crippen molar-refractivity contribution in [1.82, 2.24) is 14.6 Å². The normalized spacial score (nSPS) is 17.5. The van der Waals surface area contributed by atoms with Gasteiger partial charge in [-0.1, -0.05) is 6.07 Å². The molecule has 0 bridgehead atoms. The van der Waals surface area contributed by atoms with Crippen LogP contribution in [-0.2, 0) is 16.4 Å². The fraction of sp³-hybridized carbons (Fsp3) is 0.571. The van der Waals surface area contributed by atoms with Crippen LogP contribution in [0.5, 0.6) is 0 Å². The standard InChI is InChI=1S/C14H20N4O2S/c15-7-11-18-9-4-14(5-10-18)17-21(19,20)12-6-13-3-1-2-8-16-13/h1-3,8,14,17H,4-6,9-12H2. The maximum atomic E-state index is 12.1. The second-order valence-electron chi connectivity index (χ2n) is 5.22. The average Bonchev–Trinajstić information content (AvgIpc) is 2.48. The van der Waals surface area contributed by atoms with Gasteiger partial charge in [-0.25, -0.2) is 13.1 Å². The van der Waals surface area contributed by atoms with Crippen LogP contribution in [0, 0.1) is 11.3 Å². The Morgan fingerprint density at radius 1 is 1.38 bits per heavy atom. The summed E-state index contributed by atoms with van der Waals surface area (Å²) in [5.74, 6) is 0.0580. The average molecular weight is 308 g/mol. The number of pyridine rings is 1. The Kier molecular flexibility index (Phi) is 5.67. The number of hydrogen-bond donors (Lipinski definition) is 1. The molecular formula is C14H20N4O2S. The minimum Gasteiger partial charge on any atom is -0.290 e. The van der Waals surface area contributed by atoms with Crippen LogP contribution in [0.2, 0.25) is 0 Å². The Bertz CT molecular complexity index is 575. The van der Waals surface area contributed by atoms with Gasteiger partial charge >= 0.3 is 0 Å². The number of nitrogens with zero attached hydrogens (tertiary/aromatic N) is 3. The Morgan fingerprint density at radius 2 is 2.14 bits per heavy atom. The fourth-order valence-corrected chi connectivity index (χ4v) is 3.75. The van der Waals surface area contributed by atoms with E-state index < -0.39 is 10.0 Å². The molecule has 1 N–H and O–H groups in total. The van der Waals surface area contributed by atoms with Gasteiger partial charge in [0.25, 0.3) is 0 Å². The highest BCUT2D eigenvalue weighted by Gasteiger charge is 2.23. The summed E-state index contributed by atoms with van der Waals surface area (Å²) in [4.78, 5) is 6.17. The Labute approximate surface area is 125 Å². The van der Waals surface area contributed by atoms with E-state index in [0.29, 0.717) is 13.0 Å². The number of likely N-dealkylation sites (tertiary alicyclic amines) is 1. The van der Waals surface area contributed by atoms with Gasteiger partial charge in [-0.2, -0.15) is 5.26 Å². The van der Waals surface area contributed by atoms with Crippen molar-refractivity contribution in [2.24, 2.45) is 0 Å². The van der Waals surface area contributed by atoms with Gasteiger partial charge in [0.05, 0.1) is 18.4 Å². The first-order valence-corrected chi connectivity index (χ1v) is 8.73. The third kappa shape index (κ3) is 5.42. The summed E-state index contributed by atoms with van der Waals surface area (Å²) in [5, 5.41) is 8.64. The second-order valence-corrected chi connectivity index (χ2v) is 7.09. The SMILES string of the molecule is N#CCN1CCC(NS(=O)(=O)CCc2ccccn2)CC1. The molecule has 7 heteroatoms. The predicted molar refractivity (Wildman–Crippen MR) is 79.9 cm³/mol. The van der Waals surface area contributed by atoms with Crippen LogP contribution in [0.4, 0.5) is 0 Å². The van der Waals surface area contributed by atoms with E-state index in [4.69, 9.17) is 5.26 Å². The largest absolute Gasteiger partial charge is 0.290 e. The molecule has 1 aromatic heterocycles.